The lowest BCUT2D eigenvalue weighted by Crippen LogP contribution is -2.46. The summed E-state index contributed by atoms with van der Waals surface area (Å²) >= 11 is 1.45. The average Bonchev–Trinajstić information content (AvgIpc) is 3.56. The Balaban J connectivity index is 1.80. The van der Waals surface area contributed by atoms with Crippen LogP contribution < -0.4 is 15.0 Å². The van der Waals surface area contributed by atoms with Crippen molar-refractivity contribution in [2.75, 3.05) is 11.5 Å². The number of hydrogen-bond acceptors (Lipinski definition) is 5. The number of rotatable bonds is 8. The first-order valence-electron chi connectivity index (χ1n) is 10.6. The summed E-state index contributed by atoms with van der Waals surface area (Å²) in [5, 5.41) is 5.08. The average molecular weight is 439 g/mol. The highest BCUT2D eigenvalue weighted by Gasteiger charge is 2.37. The predicted octanol–water partition coefficient (Wildman–Crippen LogP) is 5.19. The fourth-order valence-corrected chi connectivity index (χ4v) is 4.80. The molecule has 2 aromatic heterocycles. The van der Waals surface area contributed by atoms with Gasteiger partial charge in [0.05, 0.1) is 18.6 Å². The number of ether oxygens (including phenoxy) is 1. The van der Waals surface area contributed by atoms with Crippen LogP contribution in [-0.2, 0) is 4.79 Å². The van der Waals surface area contributed by atoms with Gasteiger partial charge >= 0.3 is 0 Å². The molecule has 162 valence electrons. The molecule has 0 bridgehead atoms. The third-order valence-electron chi connectivity index (χ3n) is 5.40. The standard InChI is InChI=1S/C24H26N2O4S/c1-2-29-19-12-6-5-11-18(19)26(24(28)20-13-7-15-30-20)22(21-14-8-16-31-21)23(27)25-17-9-3-4-10-17/h5-8,11-17,22H,2-4,9-10H2,1H3,(H,25,27)/t22-/m0/s1. The third kappa shape index (κ3) is 4.66. The summed E-state index contributed by atoms with van der Waals surface area (Å²) in [5.74, 6) is 0.124. The van der Waals surface area contributed by atoms with Gasteiger partial charge in [-0.05, 0) is 55.5 Å². The zero-order chi connectivity index (χ0) is 21.6. The van der Waals surface area contributed by atoms with Gasteiger partial charge in [-0.2, -0.15) is 0 Å². The molecule has 0 unspecified atom stereocenters. The van der Waals surface area contributed by atoms with E-state index in [1.807, 2.05) is 42.6 Å². The maximum absolute atomic E-state index is 13.6. The van der Waals surface area contributed by atoms with Gasteiger partial charge in [-0.15, -0.1) is 11.3 Å². The van der Waals surface area contributed by atoms with Crippen molar-refractivity contribution in [3.05, 3.63) is 70.8 Å². The SMILES string of the molecule is CCOc1ccccc1N(C(=O)c1ccco1)[C@H](C(=O)NC1CCCC1)c1cccs1. The molecule has 2 amide bonds. The smallest absolute Gasteiger partial charge is 0.295 e. The van der Waals surface area contributed by atoms with E-state index in [1.165, 1.54) is 22.5 Å². The number of furan rings is 1. The monoisotopic (exact) mass is 438 g/mol. The van der Waals surface area contributed by atoms with Crippen molar-refractivity contribution >= 4 is 28.8 Å². The first kappa shape index (κ1) is 21.2. The molecular weight excluding hydrogens is 412 g/mol. The molecule has 1 atom stereocenters. The number of amides is 2. The Morgan fingerprint density at radius 2 is 1.97 bits per heavy atom. The number of hydrogen-bond donors (Lipinski definition) is 1. The van der Waals surface area contributed by atoms with Crippen LogP contribution in [-0.4, -0.2) is 24.5 Å². The minimum Gasteiger partial charge on any atom is -0.492 e. The molecule has 6 nitrogen and oxygen atoms in total. The normalized spacial score (nSPS) is 14.9. The molecule has 0 aliphatic heterocycles. The van der Waals surface area contributed by atoms with Crippen LogP contribution in [0.15, 0.2) is 64.6 Å². The fourth-order valence-electron chi connectivity index (χ4n) is 3.99. The van der Waals surface area contributed by atoms with Crippen molar-refractivity contribution < 1.29 is 18.7 Å². The van der Waals surface area contributed by atoms with Gasteiger partial charge in [-0.3, -0.25) is 14.5 Å². The van der Waals surface area contributed by atoms with Gasteiger partial charge in [0, 0.05) is 10.9 Å². The highest BCUT2D eigenvalue weighted by Crippen LogP contribution is 2.38. The van der Waals surface area contributed by atoms with Gasteiger partial charge in [0.15, 0.2) is 11.8 Å². The molecule has 1 aromatic carbocycles. The molecule has 31 heavy (non-hydrogen) atoms. The van der Waals surface area contributed by atoms with Gasteiger partial charge in [-0.25, -0.2) is 0 Å². The van der Waals surface area contributed by atoms with Crippen LogP contribution in [0.1, 0.15) is 54.1 Å². The number of para-hydroxylation sites is 2. The van der Waals surface area contributed by atoms with Crippen LogP contribution in [0.3, 0.4) is 0 Å². The van der Waals surface area contributed by atoms with Crippen LogP contribution in [0.2, 0.25) is 0 Å². The van der Waals surface area contributed by atoms with Gasteiger partial charge in [-0.1, -0.05) is 31.0 Å². The van der Waals surface area contributed by atoms with E-state index in [-0.39, 0.29) is 17.7 Å². The number of anilines is 1. The number of benzene rings is 1. The van der Waals surface area contributed by atoms with Crippen molar-refractivity contribution in [3.8, 4) is 5.75 Å². The Hall–Kier alpha value is -3.06. The van der Waals surface area contributed by atoms with E-state index in [2.05, 4.69) is 5.32 Å². The zero-order valence-electron chi connectivity index (χ0n) is 17.5. The Kier molecular flexibility index (Phi) is 6.72. The predicted molar refractivity (Wildman–Crippen MR) is 121 cm³/mol. The van der Waals surface area contributed by atoms with Crippen LogP contribution in [0.25, 0.3) is 0 Å². The molecule has 4 rings (SSSR count). The summed E-state index contributed by atoms with van der Waals surface area (Å²) < 4.78 is 11.2. The molecule has 1 fully saturated rings. The minimum absolute atomic E-state index is 0.137. The van der Waals surface area contributed by atoms with E-state index in [0.717, 1.165) is 30.6 Å². The van der Waals surface area contributed by atoms with Crippen molar-refractivity contribution in [1.29, 1.82) is 0 Å². The summed E-state index contributed by atoms with van der Waals surface area (Å²) in [5.41, 5.74) is 0.533. The molecule has 1 N–H and O–H groups in total. The summed E-state index contributed by atoms with van der Waals surface area (Å²) in [6, 6.07) is 13.6. The van der Waals surface area contributed by atoms with Crippen LogP contribution in [0.5, 0.6) is 5.75 Å². The maximum atomic E-state index is 13.6. The molecule has 7 heteroatoms. The summed E-state index contributed by atoms with van der Waals surface area (Å²) in [7, 11) is 0. The molecular formula is C24H26N2O4S. The minimum atomic E-state index is -0.834. The summed E-state index contributed by atoms with van der Waals surface area (Å²) in [4.78, 5) is 29.5. The number of carbonyl (C=O) groups is 2. The lowest BCUT2D eigenvalue weighted by Gasteiger charge is -2.31. The first-order valence-corrected chi connectivity index (χ1v) is 11.5. The van der Waals surface area contributed by atoms with Gasteiger partial charge in [0.25, 0.3) is 5.91 Å². The topological polar surface area (TPSA) is 71.8 Å². The van der Waals surface area contributed by atoms with Crippen LogP contribution in [0, 0.1) is 0 Å². The van der Waals surface area contributed by atoms with E-state index in [0.29, 0.717) is 18.0 Å². The molecule has 0 radical (unpaired) electrons. The Bertz CT molecular complexity index is 995. The molecule has 1 aliphatic carbocycles. The van der Waals surface area contributed by atoms with Crippen molar-refractivity contribution in [3.63, 3.8) is 0 Å². The molecule has 1 aliphatic rings. The second-order valence-corrected chi connectivity index (χ2v) is 8.44. The van der Waals surface area contributed by atoms with E-state index in [9.17, 15) is 9.59 Å². The quantitative estimate of drug-likeness (QED) is 0.526. The van der Waals surface area contributed by atoms with Crippen molar-refractivity contribution in [2.45, 2.75) is 44.7 Å². The lowest BCUT2D eigenvalue weighted by molar-refractivity contribution is -0.123. The van der Waals surface area contributed by atoms with Crippen LogP contribution in [0.4, 0.5) is 5.69 Å². The Morgan fingerprint density at radius 1 is 1.16 bits per heavy atom. The summed E-state index contributed by atoms with van der Waals surface area (Å²) in [6.45, 7) is 2.33. The number of nitrogens with zero attached hydrogens (tertiary/aromatic N) is 1. The maximum Gasteiger partial charge on any atom is 0.295 e. The highest BCUT2D eigenvalue weighted by atomic mass is 32.1. The Labute approximate surface area is 185 Å². The molecule has 0 spiro atoms. The molecule has 2 heterocycles. The second-order valence-electron chi connectivity index (χ2n) is 7.46. The second kappa shape index (κ2) is 9.83. The molecule has 1 saturated carbocycles. The number of thiophene rings is 1. The highest BCUT2D eigenvalue weighted by molar-refractivity contribution is 7.10. The Morgan fingerprint density at radius 3 is 2.65 bits per heavy atom. The van der Waals surface area contributed by atoms with E-state index in [4.69, 9.17) is 9.15 Å². The van der Waals surface area contributed by atoms with Crippen molar-refractivity contribution in [1.82, 2.24) is 5.32 Å². The number of nitrogens with one attached hydrogen (secondary N) is 1. The summed E-state index contributed by atoms with van der Waals surface area (Å²) in [6.07, 6.45) is 5.60. The molecule has 3 aromatic rings. The zero-order valence-corrected chi connectivity index (χ0v) is 18.3. The largest absolute Gasteiger partial charge is 0.492 e. The first-order chi connectivity index (χ1) is 15.2. The van der Waals surface area contributed by atoms with E-state index < -0.39 is 11.9 Å². The van der Waals surface area contributed by atoms with Crippen LogP contribution >= 0.6 is 11.3 Å². The molecule has 0 saturated heterocycles. The number of carbonyl (C=O) groups excluding carboxylic acids is 2. The van der Waals surface area contributed by atoms with Gasteiger partial charge in [0.2, 0.25) is 5.91 Å². The van der Waals surface area contributed by atoms with Gasteiger partial charge < -0.3 is 14.5 Å². The van der Waals surface area contributed by atoms with E-state index in [1.54, 1.807) is 18.2 Å². The lowest BCUT2D eigenvalue weighted by atomic mass is 10.1. The van der Waals surface area contributed by atoms with Gasteiger partial charge in [0.1, 0.15) is 5.75 Å². The fraction of sp³-hybridized carbons (Fsp3) is 0.333. The van der Waals surface area contributed by atoms with Crippen molar-refractivity contribution in [2.24, 2.45) is 0 Å². The van der Waals surface area contributed by atoms with E-state index >= 15 is 0 Å². The third-order valence-corrected chi connectivity index (χ3v) is 6.32.